The van der Waals surface area contributed by atoms with E-state index < -0.39 is 0 Å². The van der Waals surface area contributed by atoms with Crippen molar-refractivity contribution in [3.05, 3.63) is 70.7 Å². The maximum Gasteiger partial charge on any atom is 0.251 e. The number of hydrogen-bond donors (Lipinski definition) is 3. The lowest BCUT2D eigenvalue weighted by atomic mass is 9.95. The third kappa shape index (κ3) is 5.59. The van der Waals surface area contributed by atoms with E-state index in [-0.39, 0.29) is 23.8 Å². The van der Waals surface area contributed by atoms with Gasteiger partial charge in [0.15, 0.2) is 0 Å². The number of benzene rings is 2. The Kier molecular flexibility index (Phi) is 6.98. The number of carbonyl (C=O) groups is 2. The fourth-order valence-corrected chi connectivity index (χ4v) is 2.48. The minimum absolute atomic E-state index is 0.142. The summed E-state index contributed by atoms with van der Waals surface area (Å²) in [5.41, 5.74) is 7.58. The van der Waals surface area contributed by atoms with Crippen LogP contribution in [-0.2, 0) is 4.79 Å². The Morgan fingerprint density at radius 1 is 1.00 bits per heavy atom. The summed E-state index contributed by atoms with van der Waals surface area (Å²) in [6.07, 6.45) is 0. The molecule has 2 rings (SSSR count). The van der Waals surface area contributed by atoms with Gasteiger partial charge in [-0.3, -0.25) is 9.59 Å². The van der Waals surface area contributed by atoms with Crippen molar-refractivity contribution < 1.29 is 9.59 Å². The molecule has 0 spiro atoms. The fourth-order valence-electron chi connectivity index (χ4n) is 2.35. The minimum atomic E-state index is -0.371. The zero-order valence-electron chi connectivity index (χ0n) is 14.0. The smallest absolute Gasteiger partial charge is 0.251 e. The van der Waals surface area contributed by atoms with Crippen molar-refractivity contribution in [1.29, 1.82) is 0 Å². The summed E-state index contributed by atoms with van der Waals surface area (Å²) in [4.78, 5) is 24.1. The van der Waals surface area contributed by atoms with Gasteiger partial charge >= 0.3 is 0 Å². The fraction of sp³-hybridized carbons (Fsp3) is 0.263. The molecule has 0 saturated carbocycles. The zero-order chi connectivity index (χ0) is 18.2. The van der Waals surface area contributed by atoms with Gasteiger partial charge in [0.1, 0.15) is 0 Å². The Labute approximate surface area is 152 Å². The first-order valence-electron chi connectivity index (χ1n) is 8.11. The van der Waals surface area contributed by atoms with E-state index in [0.29, 0.717) is 23.7 Å². The van der Waals surface area contributed by atoms with Crippen molar-refractivity contribution in [2.75, 3.05) is 13.1 Å². The standard InChI is InChI=1S/C19H22ClN3O2/c1-13(17(21)14-5-3-2-4-6-14)18(24)22-11-12-23-19(25)15-7-9-16(20)10-8-15/h2-10,13,17H,11-12,21H2,1H3,(H,22,24)(H,23,25). The van der Waals surface area contributed by atoms with Gasteiger partial charge in [-0.05, 0) is 29.8 Å². The monoisotopic (exact) mass is 359 g/mol. The molecule has 2 aromatic carbocycles. The highest BCUT2D eigenvalue weighted by atomic mass is 35.5. The van der Waals surface area contributed by atoms with E-state index in [0.717, 1.165) is 5.56 Å². The molecule has 0 aliphatic heterocycles. The minimum Gasteiger partial charge on any atom is -0.354 e. The van der Waals surface area contributed by atoms with Crippen LogP contribution in [0.1, 0.15) is 28.9 Å². The summed E-state index contributed by atoms with van der Waals surface area (Å²) in [6, 6.07) is 15.7. The second-order valence-electron chi connectivity index (χ2n) is 5.78. The van der Waals surface area contributed by atoms with Crippen LogP contribution in [-0.4, -0.2) is 24.9 Å². The van der Waals surface area contributed by atoms with Crippen LogP contribution in [0.15, 0.2) is 54.6 Å². The molecular formula is C19H22ClN3O2. The molecule has 0 heterocycles. The second-order valence-corrected chi connectivity index (χ2v) is 6.22. The van der Waals surface area contributed by atoms with Gasteiger partial charge in [0.25, 0.3) is 5.91 Å². The molecule has 4 N–H and O–H groups in total. The van der Waals surface area contributed by atoms with Crippen LogP contribution < -0.4 is 16.4 Å². The number of amides is 2. The molecule has 0 aromatic heterocycles. The number of hydrogen-bond acceptors (Lipinski definition) is 3. The SMILES string of the molecule is CC(C(=O)NCCNC(=O)c1ccc(Cl)cc1)C(N)c1ccccc1. The van der Waals surface area contributed by atoms with Crippen LogP contribution in [0, 0.1) is 5.92 Å². The Balaban J connectivity index is 1.74. The lowest BCUT2D eigenvalue weighted by Crippen LogP contribution is -2.39. The predicted octanol–water partition coefficient (Wildman–Crippen LogP) is 2.52. The third-order valence-electron chi connectivity index (χ3n) is 3.95. The lowest BCUT2D eigenvalue weighted by molar-refractivity contribution is -0.125. The Bertz CT molecular complexity index is 704. The Morgan fingerprint density at radius 2 is 1.60 bits per heavy atom. The number of nitrogens with one attached hydrogen (secondary N) is 2. The zero-order valence-corrected chi connectivity index (χ0v) is 14.8. The number of rotatable bonds is 7. The summed E-state index contributed by atoms with van der Waals surface area (Å²) < 4.78 is 0. The Morgan fingerprint density at radius 3 is 2.24 bits per heavy atom. The molecule has 0 radical (unpaired) electrons. The van der Waals surface area contributed by atoms with Crippen LogP contribution in [0.4, 0.5) is 0 Å². The highest BCUT2D eigenvalue weighted by Crippen LogP contribution is 2.18. The summed E-state index contributed by atoms with van der Waals surface area (Å²) >= 11 is 5.79. The molecule has 2 atom stereocenters. The molecular weight excluding hydrogens is 338 g/mol. The number of carbonyl (C=O) groups excluding carboxylic acids is 2. The van der Waals surface area contributed by atoms with E-state index >= 15 is 0 Å². The average Bonchev–Trinajstić information content (AvgIpc) is 2.65. The van der Waals surface area contributed by atoms with Crippen molar-refractivity contribution in [1.82, 2.24) is 10.6 Å². The van der Waals surface area contributed by atoms with E-state index in [1.807, 2.05) is 30.3 Å². The van der Waals surface area contributed by atoms with Crippen molar-refractivity contribution in [3.8, 4) is 0 Å². The van der Waals surface area contributed by atoms with Gasteiger partial charge in [0, 0.05) is 29.7 Å². The molecule has 0 aliphatic carbocycles. The van der Waals surface area contributed by atoms with E-state index in [4.69, 9.17) is 17.3 Å². The van der Waals surface area contributed by atoms with Crippen molar-refractivity contribution in [2.45, 2.75) is 13.0 Å². The molecule has 0 aliphatic rings. The molecule has 2 aromatic rings. The van der Waals surface area contributed by atoms with Crippen molar-refractivity contribution in [2.24, 2.45) is 11.7 Å². The summed E-state index contributed by atoms with van der Waals surface area (Å²) in [5.74, 6) is -0.716. The second kappa shape index (κ2) is 9.20. The van der Waals surface area contributed by atoms with Gasteiger partial charge in [0.2, 0.25) is 5.91 Å². The normalized spacial score (nSPS) is 12.9. The Hall–Kier alpha value is -2.37. The number of nitrogens with two attached hydrogens (primary N) is 1. The van der Waals surface area contributed by atoms with Crippen molar-refractivity contribution >= 4 is 23.4 Å². The van der Waals surface area contributed by atoms with Crippen molar-refractivity contribution in [3.63, 3.8) is 0 Å². The van der Waals surface area contributed by atoms with Gasteiger partial charge in [-0.15, -0.1) is 0 Å². The maximum atomic E-state index is 12.2. The summed E-state index contributed by atoms with van der Waals surface area (Å²) in [7, 11) is 0. The highest BCUT2D eigenvalue weighted by molar-refractivity contribution is 6.30. The molecule has 0 bridgehead atoms. The van der Waals surface area contributed by atoms with Gasteiger partial charge in [-0.1, -0.05) is 48.9 Å². The molecule has 2 amide bonds. The van der Waals surface area contributed by atoms with E-state index in [9.17, 15) is 9.59 Å². The lowest BCUT2D eigenvalue weighted by Gasteiger charge is -2.19. The number of halogens is 1. The first kappa shape index (κ1) is 19.0. The van der Waals surface area contributed by atoms with Crippen LogP contribution in [0.2, 0.25) is 5.02 Å². The first-order valence-corrected chi connectivity index (χ1v) is 8.49. The molecule has 5 nitrogen and oxygen atoms in total. The molecule has 0 saturated heterocycles. The van der Waals surface area contributed by atoms with Gasteiger partial charge in [-0.25, -0.2) is 0 Å². The van der Waals surface area contributed by atoms with E-state index in [2.05, 4.69) is 10.6 Å². The van der Waals surface area contributed by atoms with E-state index in [1.165, 1.54) is 0 Å². The largest absolute Gasteiger partial charge is 0.354 e. The molecule has 0 fully saturated rings. The van der Waals surface area contributed by atoms with Gasteiger partial charge in [0.05, 0.1) is 5.92 Å². The highest BCUT2D eigenvalue weighted by Gasteiger charge is 2.21. The van der Waals surface area contributed by atoms with E-state index in [1.54, 1.807) is 31.2 Å². The quantitative estimate of drug-likeness (QED) is 0.664. The third-order valence-corrected chi connectivity index (χ3v) is 4.20. The molecule has 2 unspecified atom stereocenters. The summed E-state index contributed by atoms with van der Waals surface area (Å²) in [5, 5.41) is 6.12. The average molecular weight is 360 g/mol. The van der Waals surface area contributed by atoms with Crippen LogP contribution >= 0.6 is 11.6 Å². The van der Waals surface area contributed by atoms with Crippen LogP contribution in [0.3, 0.4) is 0 Å². The van der Waals surface area contributed by atoms with Crippen LogP contribution in [0.25, 0.3) is 0 Å². The van der Waals surface area contributed by atoms with Crippen LogP contribution in [0.5, 0.6) is 0 Å². The van der Waals surface area contributed by atoms with Gasteiger partial charge < -0.3 is 16.4 Å². The predicted molar refractivity (Wildman–Crippen MR) is 99.3 cm³/mol. The summed E-state index contributed by atoms with van der Waals surface area (Å²) in [6.45, 7) is 2.46. The first-order chi connectivity index (χ1) is 12.0. The maximum absolute atomic E-state index is 12.2. The molecule has 6 heteroatoms. The van der Waals surface area contributed by atoms with Gasteiger partial charge in [-0.2, -0.15) is 0 Å². The molecule has 25 heavy (non-hydrogen) atoms. The topological polar surface area (TPSA) is 84.2 Å². The molecule has 132 valence electrons.